The lowest BCUT2D eigenvalue weighted by atomic mass is 10.1. The van der Waals surface area contributed by atoms with E-state index in [-0.39, 0.29) is 11.8 Å². The van der Waals surface area contributed by atoms with Crippen molar-refractivity contribution in [3.63, 3.8) is 0 Å². The molecule has 0 spiro atoms. The third-order valence-corrected chi connectivity index (χ3v) is 2.87. The largest absolute Gasteiger partial charge is 0.273 e. The second-order valence-electron chi connectivity index (χ2n) is 4.16. The summed E-state index contributed by atoms with van der Waals surface area (Å²) in [7, 11) is 0. The summed E-state index contributed by atoms with van der Waals surface area (Å²) in [5, 5.41) is 0.629. The molecule has 4 nitrogen and oxygen atoms in total. The zero-order chi connectivity index (χ0) is 13.1. The van der Waals surface area contributed by atoms with Gasteiger partial charge in [0.25, 0.3) is 5.91 Å². The molecule has 17 heavy (non-hydrogen) atoms. The van der Waals surface area contributed by atoms with E-state index < -0.39 is 5.91 Å². The van der Waals surface area contributed by atoms with Gasteiger partial charge in [-0.25, -0.2) is 10.9 Å². The number of hydrogen-bond donors (Lipinski definition) is 1. The minimum atomic E-state index is -0.542. The van der Waals surface area contributed by atoms with Gasteiger partial charge in [0.15, 0.2) is 0 Å². The molecule has 5 heteroatoms. The van der Waals surface area contributed by atoms with Crippen LogP contribution in [0.1, 0.15) is 58.3 Å². The molecule has 0 aliphatic carbocycles. The fraction of sp³-hybridized carbons (Fsp3) is 0.833. The summed E-state index contributed by atoms with van der Waals surface area (Å²) in [6.07, 6.45) is 8.26. The van der Waals surface area contributed by atoms with Crippen LogP contribution in [0.25, 0.3) is 0 Å². The molecule has 0 rings (SSSR count). The predicted octanol–water partition coefficient (Wildman–Crippen LogP) is 2.59. The summed E-state index contributed by atoms with van der Waals surface area (Å²) in [6, 6.07) is 0. The number of amides is 2. The fourth-order valence-corrected chi connectivity index (χ4v) is 1.69. The van der Waals surface area contributed by atoms with Crippen LogP contribution >= 0.6 is 11.6 Å². The molecule has 0 saturated carbocycles. The number of unbranched alkanes of at least 4 members (excludes halogenated alkanes) is 6. The number of carbonyl (C=O) groups is 2. The van der Waals surface area contributed by atoms with Gasteiger partial charge in [0, 0.05) is 6.42 Å². The molecule has 0 heterocycles. The Morgan fingerprint density at radius 3 is 2.06 bits per heavy atom. The summed E-state index contributed by atoms with van der Waals surface area (Å²) in [4.78, 5) is 22.4. The number of rotatable bonds is 9. The van der Waals surface area contributed by atoms with E-state index in [1.165, 1.54) is 25.7 Å². The number of hydrazine groups is 1. The molecule has 2 N–H and O–H groups in total. The van der Waals surface area contributed by atoms with Crippen LogP contribution in [0.2, 0.25) is 0 Å². The Kier molecular flexibility index (Phi) is 10.2. The number of nitrogens with two attached hydrogens (primary N) is 1. The second kappa shape index (κ2) is 10.5. The number of halogens is 1. The van der Waals surface area contributed by atoms with E-state index in [1.54, 1.807) is 0 Å². The van der Waals surface area contributed by atoms with Crippen LogP contribution in [0.3, 0.4) is 0 Å². The SMILES string of the molecule is CCCCCCCCCC(=O)N(N)C(=O)CCl. The molecule has 0 radical (unpaired) electrons. The zero-order valence-corrected chi connectivity index (χ0v) is 11.3. The third kappa shape index (κ3) is 8.16. The lowest BCUT2D eigenvalue weighted by Gasteiger charge is -2.12. The Morgan fingerprint density at radius 1 is 1.00 bits per heavy atom. The van der Waals surface area contributed by atoms with Crippen molar-refractivity contribution in [2.45, 2.75) is 58.3 Å². The van der Waals surface area contributed by atoms with Gasteiger partial charge in [-0.2, -0.15) is 0 Å². The molecular formula is C12H23ClN2O2. The van der Waals surface area contributed by atoms with Crippen LogP contribution in [0, 0.1) is 0 Å². The highest BCUT2D eigenvalue weighted by atomic mass is 35.5. The first-order valence-corrected chi connectivity index (χ1v) is 6.83. The van der Waals surface area contributed by atoms with Crippen molar-refractivity contribution in [2.75, 3.05) is 5.88 Å². The highest BCUT2D eigenvalue weighted by molar-refractivity contribution is 6.28. The molecule has 0 aromatic carbocycles. The van der Waals surface area contributed by atoms with E-state index in [2.05, 4.69) is 6.92 Å². The van der Waals surface area contributed by atoms with Crippen LogP contribution in [-0.4, -0.2) is 22.7 Å². The first kappa shape index (κ1) is 16.4. The third-order valence-electron chi connectivity index (χ3n) is 2.65. The molecule has 2 amide bonds. The van der Waals surface area contributed by atoms with E-state index in [4.69, 9.17) is 17.4 Å². The Hall–Kier alpha value is -0.610. The molecule has 0 unspecified atom stereocenters. The lowest BCUT2D eigenvalue weighted by Crippen LogP contribution is -2.43. The van der Waals surface area contributed by atoms with Crippen molar-refractivity contribution in [2.24, 2.45) is 5.84 Å². The van der Waals surface area contributed by atoms with Gasteiger partial charge in [-0.15, -0.1) is 11.6 Å². The van der Waals surface area contributed by atoms with E-state index in [0.717, 1.165) is 19.3 Å². The van der Waals surface area contributed by atoms with Gasteiger partial charge in [-0.05, 0) is 6.42 Å². The molecule has 0 aromatic heterocycles. The predicted molar refractivity (Wildman–Crippen MR) is 69.4 cm³/mol. The van der Waals surface area contributed by atoms with E-state index >= 15 is 0 Å². The Balaban J connectivity index is 3.48. The van der Waals surface area contributed by atoms with Crippen molar-refractivity contribution in [1.29, 1.82) is 0 Å². The van der Waals surface area contributed by atoms with Gasteiger partial charge in [0.05, 0.1) is 0 Å². The normalized spacial score (nSPS) is 10.3. The summed E-state index contributed by atoms with van der Waals surface area (Å²) >= 11 is 5.30. The minimum absolute atomic E-state index is 0.251. The molecule has 0 atom stereocenters. The van der Waals surface area contributed by atoms with Crippen molar-refractivity contribution in [3.8, 4) is 0 Å². The number of hydrogen-bond acceptors (Lipinski definition) is 3. The van der Waals surface area contributed by atoms with Crippen molar-refractivity contribution in [1.82, 2.24) is 5.01 Å². The molecule has 0 bridgehead atoms. The molecule has 0 aromatic rings. The van der Waals surface area contributed by atoms with E-state index in [0.29, 0.717) is 11.4 Å². The second-order valence-corrected chi connectivity index (χ2v) is 4.43. The summed E-state index contributed by atoms with van der Waals surface area (Å²) < 4.78 is 0. The first-order chi connectivity index (χ1) is 8.13. The van der Waals surface area contributed by atoms with Crippen LogP contribution in [0.15, 0.2) is 0 Å². The summed E-state index contributed by atoms with van der Waals surface area (Å²) in [5.41, 5.74) is 0. The molecule has 0 fully saturated rings. The van der Waals surface area contributed by atoms with Gasteiger partial charge < -0.3 is 0 Å². The van der Waals surface area contributed by atoms with Crippen LogP contribution in [0.5, 0.6) is 0 Å². The van der Waals surface area contributed by atoms with Crippen molar-refractivity contribution in [3.05, 3.63) is 0 Å². The first-order valence-electron chi connectivity index (χ1n) is 6.30. The highest BCUT2D eigenvalue weighted by Gasteiger charge is 2.15. The summed E-state index contributed by atoms with van der Waals surface area (Å²) in [5.74, 6) is 4.17. The highest BCUT2D eigenvalue weighted by Crippen LogP contribution is 2.08. The molecule has 0 aliphatic heterocycles. The Morgan fingerprint density at radius 2 is 1.53 bits per heavy atom. The van der Waals surface area contributed by atoms with Crippen molar-refractivity contribution < 1.29 is 9.59 Å². The average Bonchev–Trinajstić information content (AvgIpc) is 2.35. The van der Waals surface area contributed by atoms with E-state index in [9.17, 15) is 9.59 Å². The van der Waals surface area contributed by atoms with Crippen LogP contribution in [-0.2, 0) is 9.59 Å². The topological polar surface area (TPSA) is 63.4 Å². The average molecular weight is 263 g/mol. The quantitative estimate of drug-likeness (QED) is 0.228. The Bertz CT molecular complexity index is 235. The van der Waals surface area contributed by atoms with Crippen LogP contribution in [0.4, 0.5) is 0 Å². The fourth-order valence-electron chi connectivity index (χ4n) is 1.56. The molecule has 0 aliphatic rings. The van der Waals surface area contributed by atoms with Gasteiger partial charge in [-0.3, -0.25) is 9.59 Å². The lowest BCUT2D eigenvalue weighted by molar-refractivity contribution is -0.143. The van der Waals surface area contributed by atoms with Gasteiger partial charge in [-0.1, -0.05) is 45.4 Å². The maximum absolute atomic E-state index is 11.4. The number of carbonyl (C=O) groups excluding carboxylic acids is 2. The number of alkyl halides is 1. The monoisotopic (exact) mass is 262 g/mol. The van der Waals surface area contributed by atoms with Gasteiger partial charge >= 0.3 is 0 Å². The van der Waals surface area contributed by atoms with E-state index in [1.807, 2.05) is 0 Å². The Labute approximate surface area is 108 Å². The standard InChI is InChI=1S/C12H23ClN2O2/c1-2-3-4-5-6-7-8-9-11(16)15(14)12(17)10-13/h2-10,14H2,1H3. The molecular weight excluding hydrogens is 240 g/mol. The van der Waals surface area contributed by atoms with Crippen molar-refractivity contribution >= 4 is 23.4 Å². The number of nitrogens with zero attached hydrogens (tertiary/aromatic N) is 1. The van der Waals surface area contributed by atoms with Gasteiger partial charge in [0.2, 0.25) is 5.91 Å². The van der Waals surface area contributed by atoms with Gasteiger partial charge in [0.1, 0.15) is 5.88 Å². The zero-order valence-electron chi connectivity index (χ0n) is 10.6. The maximum Gasteiger partial charge on any atom is 0.258 e. The smallest absolute Gasteiger partial charge is 0.258 e. The number of imide groups is 1. The molecule has 0 saturated heterocycles. The maximum atomic E-state index is 11.4. The minimum Gasteiger partial charge on any atom is -0.273 e. The summed E-state index contributed by atoms with van der Waals surface area (Å²) in [6.45, 7) is 2.18. The molecule has 100 valence electrons. The van der Waals surface area contributed by atoms with Crippen LogP contribution < -0.4 is 5.84 Å².